The van der Waals surface area contributed by atoms with Gasteiger partial charge in [-0.15, -0.1) is 0 Å². The van der Waals surface area contributed by atoms with Gasteiger partial charge >= 0.3 is 11.9 Å². The second-order valence-corrected chi connectivity index (χ2v) is 3.90. The zero-order chi connectivity index (χ0) is 15.3. The Balaban J connectivity index is 3.36. The fraction of sp³-hybridized carbons (Fsp3) is 0.286. The van der Waals surface area contributed by atoms with E-state index in [2.05, 4.69) is 0 Å². The molecule has 1 rings (SSSR count). The molecule has 0 atom stereocenters. The van der Waals surface area contributed by atoms with Crippen LogP contribution in [0, 0.1) is 11.6 Å². The van der Waals surface area contributed by atoms with Crippen LogP contribution >= 0.6 is 0 Å². The van der Waals surface area contributed by atoms with Gasteiger partial charge < -0.3 is 9.47 Å². The molecule has 0 radical (unpaired) electrons. The number of hydrogen-bond acceptors (Lipinski definition) is 4. The summed E-state index contributed by atoms with van der Waals surface area (Å²) in [5.74, 6) is -3.26. The molecule has 6 heteroatoms. The highest BCUT2D eigenvalue weighted by Gasteiger charge is 2.20. The summed E-state index contributed by atoms with van der Waals surface area (Å²) in [6, 6.07) is 2.60. The van der Waals surface area contributed by atoms with E-state index in [1.54, 1.807) is 6.92 Å². The van der Waals surface area contributed by atoms with Crippen LogP contribution in [-0.4, -0.2) is 18.5 Å². The van der Waals surface area contributed by atoms with Crippen molar-refractivity contribution >= 4 is 17.5 Å². The zero-order valence-corrected chi connectivity index (χ0v) is 11.3. The van der Waals surface area contributed by atoms with E-state index in [9.17, 15) is 18.4 Å². The van der Waals surface area contributed by atoms with E-state index in [4.69, 9.17) is 9.47 Å². The average Bonchev–Trinajstić information content (AvgIpc) is 2.26. The van der Waals surface area contributed by atoms with Gasteiger partial charge in [0.25, 0.3) is 0 Å². The first-order valence-electron chi connectivity index (χ1n) is 5.88. The molecule has 0 amide bonds. The van der Waals surface area contributed by atoms with Gasteiger partial charge in [0.15, 0.2) is 0 Å². The Labute approximate surface area is 115 Å². The van der Waals surface area contributed by atoms with Crippen LogP contribution in [0.2, 0.25) is 0 Å². The lowest BCUT2D eigenvalue weighted by molar-refractivity contribution is -0.137. The highest BCUT2D eigenvalue weighted by molar-refractivity contribution is 6.17. The molecule has 4 nitrogen and oxygen atoms in total. The van der Waals surface area contributed by atoms with Crippen molar-refractivity contribution in [2.24, 2.45) is 0 Å². The molecule has 0 bridgehead atoms. The largest absolute Gasteiger partial charge is 0.462 e. The molecule has 20 heavy (non-hydrogen) atoms. The summed E-state index contributed by atoms with van der Waals surface area (Å²) in [4.78, 5) is 22.8. The number of carbonyl (C=O) groups is 2. The Morgan fingerprint density at radius 2 is 1.65 bits per heavy atom. The number of benzene rings is 1. The van der Waals surface area contributed by atoms with Gasteiger partial charge in [-0.2, -0.15) is 0 Å². The van der Waals surface area contributed by atoms with Crippen LogP contribution in [0.25, 0.3) is 5.57 Å². The maximum Gasteiger partial charge on any atom is 0.342 e. The molecular formula is C14H14F2O4. The number of halogens is 2. The average molecular weight is 284 g/mol. The summed E-state index contributed by atoms with van der Waals surface area (Å²) in [7, 11) is 0. The molecule has 0 saturated carbocycles. The van der Waals surface area contributed by atoms with Crippen molar-refractivity contribution in [3.8, 4) is 0 Å². The molecule has 0 heterocycles. The third-order valence-electron chi connectivity index (χ3n) is 2.28. The first-order valence-corrected chi connectivity index (χ1v) is 5.88. The third kappa shape index (κ3) is 4.15. The fourth-order valence-corrected chi connectivity index (χ4v) is 1.63. The van der Waals surface area contributed by atoms with Gasteiger partial charge in [-0.1, -0.05) is 0 Å². The van der Waals surface area contributed by atoms with Crippen molar-refractivity contribution < 1.29 is 27.8 Å². The van der Waals surface area contributed by atoms with Crippen molar-refractivity contribution in [2.45, 2.75) is 20.8 Å². The van der Waals surface area contributed by atoms with Gasteiger partial charge in [-0.25, -0.2) is 13.6 Å². The van der Waals surface area contributed by atoms with E-state index in [-0.39, 0.29) is 23.5 Å². The predicted molar refractivity (Wildman–Crippen MR) is 67.4 cm³/mol. The van der Waals surface area contributed by atoms with Crippen LogP contribution in [-0.2, 0) is 19.1 Å². The Morgan fingerprint density at radius 1 is 1.10 bits per heavy atom. The summed E-state index contributed by atoms with van der Waals surface area (Å²) in [5.41, 5.74) is -0.250. The van der Waals surface area contributed by atoms with Crippen molar-refractivity contribution in [3.05, 3.63) is 41.2 Å². The molecule has 0 aromatic heterocycles. The van der Waals surface area contributed by atoms with Crippen LogP contribution < -0.4 is 0 Å². The number of hydrogen-bond donors (Lipinski definition) is 0. The Bertz CT molecular complexity index is 544. The van der Waals surface area contributed by atoms with E-state index in [1.807, 2.05) is 0 Å². The number of rotatable bonds is 4. The molecule has 0 unspecified atom stereocenters. The number of esters is 2. The number of allylic oxidation sites excluding steroid dienone is 1. The van der Waals surface area contributed by atoms with Crippen LogP contribution in [0.4, 0.5) is 8.78 Å². The van der Waals surface area contributed by atoms with E-state index in [1.165, 1.54) is 6.92 Å². The lowest BCUT2D eigenvalue weighted by atomic mass is 10.0. The quantitative estimate of drug-likeness (QED) is 0.484. The fourth-order valence-electron chi connectivity index (χ4n) is 1.63. The monoisotopic (exact) mass is 284 g/mol. The molecule has 108 valence electrons. The van der Waals surface area contributed by atoms with Gasteiger partial charge in [0.1, 0.15) is 23.0 Å². The Kier molecular flexibility index (Phi) is 5.37. The minimum Gasteiger partial charge on any atom is -0.462 e. The summed E-state index contributed by atoms with van der Waals surface area (Å²) in [6.07, 6.45) is 0. The van der Waals surface area contributed by atoms with Gasteiger partial charge in [0.05, 0.1) is 6.61 Å². The molecule has 0 fully saturated rings. The summed E-state index contributed by atoms with van der Waals surface area (Å²) >= 11 is 0. The normalized spacial score (nSPS) is 11.7. The van der Waals surface area contributed by atoms with E-state index in [0.717, 1.165) is 19.1 Å². The highest BCUT2D eigenvalue weighted by Crippen LogP contribution is 2.23. The van der Waals surface area contributed by atoms with Gasteiger partial charge in [-0.05, 0) is 31.5 Å². The topological polar surface area (TPSA) is 52.6 Å². The van der Waals surface area contributed by atoms with Crippen LogP contribution in [0.5, 0.6) is 0 Å². The van der Waals surface area contributed by atoms with Crippen LogP contribution in [0.15, 0.2) is 24.0 Å². The SMILES string of the molecule is CCOC(=O)/C(=C(/C)OC(C)=O)c1cc(F)cc(F)c1. The molecule has 0 aliphatic carbocycles. The third-order valence-corrected chi connectivity index (χ3v) is 2.28. The lowest BCUT2D eigenvalue weighted by Crippen LogP contribution is -2.11. The summed E-state index contributed by atoms with van der Waals surface area (Å²) in [6.45, 7) is 4.16. The van der Waals surface area contributed by atoms with Crippen LogP contribution in [0.1, 0.15) is 26.3 Å². The number of carbonyl (C=O) groups excluding carboxylic acids is 2. The molecule has 0 spiro atoms. The minimum atomic E-state index is -0.850. The van der Waals surface area contributed by atoms with E-state index in [0.29, 0.717) is 6.07 Å². The molecule has 0 aliphatic rings. The molecule has 0 aliphatic heterocycles. The van der Waals surface area contributed by atoms with E-state index >= 15 is 0 Å². The molecule has 0 N–H and O–H groups in total. The summed E-state index contributed by atoms with van der Waals surface area (Å²) in [5, 5.41) is 0. The smallest absolute Gasteiger partial charge is 0.342 e. The van der Waals surface area contributed by atoms with E-state index < -0.39 is 23.6 Å². The van der Waals surface area contributed by atoms with Crippen molar-refractivity contribution in [1.82, 2.24) is 0 Å². The zero-order valence-electron chi connectivity index (χ0n) is 11.3. The first-order chi connectivity index (χ1) is 9.35. The molecule has 1 aromatic rings. The molecule has 0 saturated heterocycles. The van der Waals surface area contributed by atoms with Crippen molar-refractivity contribution in [2.75, 3.05) is 6.61 Å². The van der Waals surface area contributed by atoms with Crippen molar-refractivity contribution in [1.29, 1.82) is 0 Å². The maximum absolute atomic E-state index is 13.2. The minimum absolute atomic E-state index is 0.0558. The summed E-state index contributed by atoms with van der Waals surface area (Å²) < 4.78 is 36.1. The Morgan fingerprint density at radius 3 is 2.10 bits per heavy atom. The highest BCUT2D eigenvalue weighted by atomic mass is 19.1. The lowest BCUT2D eigenvalue weighted by Gasteiger charge is -2.11. The van der Waals surface area contributed by atoms with Gasteiger partial charge in [0.2, 0.25) is 0 Å². The maximum atomic E-state index is 13.2. The second-order valence-electron chi connectivity index (χ2n) is 3.90. The van der Waals surface area contributed by atoms with Crippen molar-refractivity contribution in [3.63, 3.8) is 0 Å². The number of ether oxygens (including phenoxy) is 2. The van der Waals surface area contributed by atoms with Gasteiger partial charge in [0, 0.05) is 13.0 Å². The first kappa shape index (κ1) is 15.8. The second kappa shape index (κ2) is 6.79. The van der Waals surface area contributed by atoms with Gasteiger partial charge in [-0.3, -0.25) is 4.79 Å². The molecular weight excluding hydrogens is 270 g/mol. The molecule has 1 aromatic carbocycles. The standard InChI is InChI=1S/C14H14F2O4/c1-4-19-14(18)13(8(2)20-9(3)17)10-5-11(15)7-12(16)6-10/h5-7H,4H2,1-3H3/b13-8-. The predicted octanol–water partition coefficient (Wildman–Crippen LogP) is 2.82. The Hall–Kier alpha value is -2.24. The van der Waals surface area contributed by atoms with Crippen LogP contribution in [0.3, 0.4) is 0 Å².